The molecule has 34 heavy (non-hydrogen) atoms. The molecule has 2 fully saturated rings. The highest BCUT2D eigenvalue weighted by atomic mass is 16.5. The lowest BCUT2D eigenvalue weighted by Crippen LogP contribution is -2.52. The zero-order valence-electron chi connectivity index (χ0n) is 18.8. The number of hydrogen-bond donors (Lipinski definition) is 2. The van der Waals surface area contributed by atoms with E-state index in [2.05, 4.69) is 15.5 Å². The minimum atomic E-state index is -0.640. The number of aromatic amines is 1. The molecule has 1 aromatic heterocycles. The van der Waals surface area contributed by atoms with Crippen LogP contribution >= 0.6 is 0 Å². The Labute approximate surface area is 196 Å². The third-order valence-electron chi connectivity index (χ3n) is 6.78. The number of imide groups is 1. The summed E-state index contributed by atoms with van der Waals surface area (Å²) in [5.41, 5.74) is 2.13. The van der Waals surface area contributed by atoms with Gasteiger partial charge in [-0.3, -0.25) is 29.6 Å². The van der Waals surface area contributed by atoms with Gasteiger partial charge in [0.25, 0.3) is 5.91 Å². The molecule has 2 N–H and O–H groups in total. The number of piperidine rings is 2. The summed E-state index contributed by atoms with van der Waals surface area (Å²) < 4.78 is 6.07. The van der Waals surface area contributed by atoms with Gasteiger partial charge < -0.3 is 14.5 Å². The van der Waals surface area contributed by atoms with E-state index < -0.39 is 11.9 Å². The molecule has 2 aromatic rings. The summed E-state index contributed by atoms with van der Waals surface area (Å²) in [6.07, 6.45) is 5.37. The minimum Gasteiger partial charge on any atom is -0.491 e. The van der Waals surface area contributed by atoms with Crippen molar-refractivity contribution in [3.05, 3.63) is 47.3 Å². The van der Waals surface area contributed by atoms with Crippen molar-refractivity contribution in [3.8, 4) is 5.75 Å². The van der Waals surface area contributed by atoms with Gasteiger partial charge in [-0.1, -0.05) is 0 Å². The molecule has 10 nitrogen and oxygen atoms in total. The number of hydrogen-bond acceptors (Lipinski definition) is 6. The Hall–Kier alpha value is -3.69. The molecule has 10 heteroatoms. The summed E-state index contributed by atoms with van der Waals surface area (Å²) in [6, 6.07) is 6.46. The van der Waals surface area contributed by atoms with Gasteiger partial charge in [-0.05, 0) is 55.5 Å². The highest BCUT2D eigenvalue weighted by Crippen LogP contribution is 2.30. The topological polar surface area (TPSA) is 125 Å². The molecule has 0 spiro atoms. The van der Waals surface area contributed by atoms with Crippen LogP contribution in [0.25, 0.3) is 0 Å². The second-order valence-electron chi connectivity index (χ2n) is 9.03. The number of carbonyl (C=O) groups excluding carboxylic acids is 4. The summed E-state index contributed by atoms with van der Waals surface area (Å²) in [5, 5.41) is 9.06. The van der Waals surface area contributed by atoms with Crippen LogP contribution in [0.3, 0.4) is 0 Å². The van der Waals surface area contributed by atoms with Crippen molar-refractivity contribution in [2.75, 3.05) is 13.2 Å². The molecule has 0 radical (unpaired) electrons. The summed E-state index contributed by atoms with van der Waals surface area (Å²) in [7, 11) is 0. The van der Waals surface area contributed by atoms with Crippen LogP contribution in [0, 0.1) is 0 Å². The van der Waals surface area contributed by atoms with Gasteiger partial charge in [0.05, 0.1) is 12.5 Å². The number of rotatable bonds is 6. The Balaban J connectivity index is 1.22. The molecule has 3 aliphatic heterocycles. The van der Waals surface area contributed by atoms with Gasteiger partial charge in [-0.25, -0.2) is 0 Å². The number of benzene rings is 1. The molecule has 3 aliphatic rings. The third kappa shape index (κ3) is 4.40. The highest BCUT2D eigenvalue weighted by molar-refractivity contribution is 6.05. The van der Waals surface area contributed by atoms with E-state index in [9.17, 15) is 19.2 Å². The Morgan fingerprint density at radius 3 is 2.82 bits per heavy atom. The van der Waals surface area contributed by atoms with Gasteiger partial charge in [-0.15, -0.1) is 0 Å². The van der Waals surface area contributed by atoms with Gasteiger partial charge in [0.2, 0.25) is 17.7 Å². The van der Waals surface area contributed by atoms with Crippen molar-refractivity contribution in [3.63, 3.8) is 0 Å². The number of amides is 4. The number of likely N-dealkylation sites (tertiary alicyclic amines) is 1. The molecule has 1 unspecified atom stereocenters. The molecule has 4 heterocycles. The number of carbonyl (C=O) groups is 4. The molecule has 1 aromatic carbocycles. The molecule has 2 atom stereocenters. The number of nitrogens with zero attached hydrogens (tertiary/aromatic N) is 3. The normalized spacial score (nSPS) is 22.5. The quantitative estimate of drug-likeness (QED) is 0.617. The summed E-state index contributed by atoms with van der Waals surface area (Å²) in [4.78, 5) is 52.8. The van der Waals surface area contributed by atoms with Gasteiger partial charge >= 0.3 is 0 Å². The van der Waals surface area contributed by atoms with E-state index in [1.54, 1.807) is 24.4 Å². The number of ether oxygens (including phenoxy) is 1. The van der Waals surface area contributed by atoms with Gasteiger partial charge in [-0.2, -0.15) is 5.10 Å². The van der Waals surface area contributed by atoms with Crippen molar-refractivity contribution in [2.24, 2.45) is 0 Å². The SMILES string of the molecule is O=C1CCC(N2Cc3cc(OC[C@H]4CCCCN4C(=O)Cc4ccn[nH]4)ccc3C2=O)C(=O)N1. The Morgan fingerprint density at radius 2 is 2.03 bits per heavy atom. The van der Waals surface area contributed by atoms with E-state index in [-0.39, 0.29) is 36.6 Å². The molecule has 4 amide bonds. The smallest absolute Gasteiger partial charge is 0.255 e. The number of fused-ring (bicyclic) bond motifs is 1. The first-order chi connectivity index (χ1) is 16.5. The Kier molecular flexibility index (Phi) is 6.04. The second kappa shape index (κ2) is 9.28. The number of aromatic nitrogens is 2. The fraction of sp³-hybridized carbons (Fsp3) is 0.458. The lowest BCUT2D eigenvalue weighted by Gasteiger charge is -2.35. The average molecular weight is 466 g/mol. The summed E-state index contributed by atoms with van der Waals surface area (Å²) in [6.45, 7) is 1.38. The van der Waals surface area contributed by atoms with E-state index in [1.807, 2.05) is 11.0 Å². The first-order valence-corrected chi connectivity index (χ1v) is 11.7. The first kappa shape index (κ1) is 22.1. The number of H-pyrrole nitrogens is 1. The molecule has 5 rings (SSSR count). The van der Waals surface area contributed by atoms with Crippen LogP contribution < -0.4 is 10.1 Å². The lowest BCUT2D eigenvalue weighted by atomic mass is 10.0. The fourth-order valence-corrected chi connectivity index (χ4v) is 4.98. The maximum absolute atomic E-state index is 12.9. The molecular weight excluding hydrogens is 438 g/mol. The maximum Gasteiger partial charge on any atom is 0.255 e. The van der Waals surface area contributed by atoms with Crippen LogP contribution in [-0.2, 0) is 27.3 Å². The monoisotopic (exact) mass is 465 g/mol. The fourth-order valence-electron chi connectivity index (χ4n) is 4.98. The predicted molar refractivity (Wildman–Crippen MR) is 120 cm³/mol. The first-order valence-electron chi connectivity index (χ1n) is 11.7. The maximum atomic E-state index is 12.9. The van der Waals surface area contributed by atoms with Crippen molar-refractivity contribution < 1.29 is 23.9 Å². The van der Waals surface area contributed by atoms with E-state index in [1.165, 1.54) is 4.90 Å². The van der Waals surface area contributed by atoms with Crippen molar-refractivity contribution in [2.45, 2.75) is 57.2 Å². The van der Waals surface area contributed by atoms with E-state index in [0.717, 1.165) is 30.5 Å². The molecule has 0 saturated carbocycles. The van der Waals surface area contributed by atoms with Crippen LogP contribution in [0.5, 0.6) is 5.75 Å². The minimum absolute atomic E-state index is 0.0148. The van der Waals surface area contributed by atoms with Crippen molar-refractivity contribution >= 4 is 23.6 Å². The average Bonchev–Trinajstić information content (AvgIpc) is 3.45. The zero-order chi connectivity index (χ0) is 23.7. The van der Waals surface area contributed by atoms with Crippen LogP contribution in [0.15, 0.2) is 30.5 Å². The standard InChI is InChI=1S/C24H27N5O5/c30-21-7-6-20(23(32)26-21)29-13-15-11-18(4-5-19(15)24(29)33)34-14-17-3-1-2-10-28(17)22(31)12-16-8-9-25-27-16/h4-5,8-9,11,17,20H,1-3,6-7,10,12-14H2,(H,25,27)(H,26,30,32)/t17-,20?/m1/s1. The van der Waals surface area contributed by atoms with Crippen LogP contribution in [0.2, 0.25) is 0 Å². The molecule has 2 saturated heterocycles. The van der Waals surface area contributed by atoms with E-state index in [0.29, 0.717) is 37.4 Å². The van der Waals surface area contributed by atoms with Crippen LogP contribution in [-0.4, -0.2) is 68.9 Å². The zero-order valence-corrected chi connectivity index (χ0v) is 18.8. The highest BCUT2D eigenvalue weighted by Gasteiger charge is 2.39. The molecule has 0 aliphatic carbocycles. The summed E-state index contributed by atoms with van der Waals surface area (Å²) in [5.74, 6) is -0.258. The van der Waals surface area contributed by atoms with Crippen LogP contribution in [0.4, 0.5) is 0 Å². The van der Waals surface area contributed by atoms with Crippen molar-refractivity contribution in [1.29, 1.82) is 0 Å². The molecule has 178 valence electrons. The lowest BCUT2D eigenvalue weighted by molar-refractivity contribution is -0.137. The Bertz CT molecular complexity index is 1110. The molecule has 0 bridgehead atoms. The van der Waals surface area contributed by atoms with Gasteiger partial charge in [0.1, 0.15) is 18.4 Å². The van der Waals surface area contributed by atoms with E-state index >= 15 is 0 Å². The molecular formula is C24H27N5O5. The van der Waals surface area contributed by atoms with Gasteiger partial charge in [0, 0.05) is 37.0 Å². The Morgan fingerprint density at radius 1 is 1.15 bits per heavy atom. The number of nitrogens with one attached hydrogen (secondary N) is 2. The van der Waals surface area contributed by atoms with Crippen molar-refractivity contribution in [1.82, 2.24) is 25.3 Å². The third-order valence-corrected chi connectivity index (χ3v) is 6.78. The summed E-state index contributed by atoms with van der Waals surface area (Å²) >= 11 is 0. The van der Waals surface area contributed by atoms with Crippen LogP contribution in [0.1, 0.15) is 53.7 Å². The van der Waals surface area contributed by atoms with Gasteiger partial charge in [0.15, 0.2) is 0 Å². The predicted octanol–water partition coefficient (Wildman–Crippen LogP) is 1.17. The largest absolute Gasteiger partial charge is 0.491 e. The second-order valence-corrected chi connectivity index (χ2v) is 9.03. The van der Waals surface area contributed by atoms with E-state index in [4.69, 9.17) is 4.74 Å².